The van der Waals surface area contributed by atoms with Gasteiger partial charge in [0, 0.05) is 0 Å². The van der Waals surface area contributed by atoms with Gasteiger partial charge >= 0.3 is 0 Å². The van der Waals surface area contributed by atoms with Gasteiger partial charge in [0.1, 0.15) is 5.03 Å². The number of carbonyl (C=O) groups excluding carboxylic acids is 3. The van der Waals surface area contributed by atoms with Gasteiger partial charge in [-0.05, 0) is 22.8 Å². The number of rotatable bonds is 3. The Labute approximate surface area is 227 Å². The van der Waals surface area contributed by atoms with E-state index in [0.29, 0.717) is 0 Å². The first-order valence-electron chi connectivity index (χ1n) is 10.7. The lowest BCUT2D eigenvalue weighted by atomic mass is 9.82. The second-order valence-electron chi connectivity index (χ2n) is 8.02. The molecule has 0 heterocycles. The molecule has 0 N–H and O–H groups in total. The van der Waals surface area contributed by atoms with E-state index in [9.17, 15) is 14.4 Å². The van der Waals surface area contributed by atoms with Gasteiger partial charge in [-0.2, -0.15) is 0 Å². The van der Waals surface area contributed by atoms with Crippen LogP contribution in [0.25, 0.3) is 0 Å². The second kappa shape index (κ2) is 9.67. The summed E-state index contributed by atoms with van der Waals surface area (Å²) in [5, 5.41) is 1.54. The smallest absolute Gasteiger partial charge is 0.208 e. The first kappa shape index (κ1) is 25.0. The summed E-state index contributed by atoms with van der Waals surface area (Å²) < 4.78 is 0. The summed E-state index contributed by atoms with van der Waals surface area (Å²) in [6, 6.07) is 28.4. The lowest BCUT2D eigenvalue weighted by molar-refractivity contribution is -0.121. The average Bonchev–Trinajstić information content (AvgIpc) is 2.93. The van der Waals surface area contributed by atoms with Gasteiger partial charge < -0.3 is 0 Å². The van der Waals surface area contributed by atoms with Crippen LogP contribution in [0.4, 0.5) is 0 Å². The van der Waals surface area contributed by atoms with Crippen molar-refractivity contribution in [1.82, 2.24) is 0 Å². The molecule has 178 valence electrons. The fourth-order valence-corrected chi connectivity index (χ4v) is 9.83. The van der Waals surface area contributed by atoms with Gasteiger partial charge in [-0.1, -0.05) is 137 Å². The van der Waals surface area contributed by atoms with Crippen LogP contribution >= 0.6 is 53.3 Å². The summed E-state index contributed by atoms with van der Waals surface area (Å²) in [6.07, 6.45) is 0. The van der Waals surface area contributed by atoms with E-state index in [1.807, 2.05) is 91.0 Å². The molecule has 0 unspecified atom stereocenters. The molecular weight excluding hydrogens is 557 g/mol. The molecule has 2 aliphatic carbocycles. The highest BCUT2D eigenvalue weighted by Gasteiger charge is 2.50. The number of hydrogen-bond donors (Lipinski definition) is 0. The van der Waals surface area contributed by atoms with Gasteiger partial charge in [0.15, 0.2) is 0 Å². The third-order valence-electron chi connectivity index (χ3n) is 6.12. The fourth-order valence-electron chi connectivity index (χ4n) is 4.54. The van der Waals surface area contributed by atoms with Gasteiger partial charge in [0.05, 0.1) is 31.5 Å². The molecular formula is C28H15Cl4O3P. The Morgan fingerprint density at radius 1 is 0.417 bits per heavy atom. The molecule has 0 amide bonds. The molecule has 1 fully saturated rings. The van der Waals surface area contributed by atoms with Crippen LogP contribution in [-0.4, -0.2) is 22.6 Å². The van der Waals surface area contributed by atoms with Gasteiger partial charge in [0.25, 0.3) is 0 Å². The molecule has 0 aromatic heterocycles. The Morgan fingerprint density at radius 2 is 0.778 bits per heavy atom. The SMILES string of the molecule is O=C1C(Cl)=C(Cl)C(Cl)=C(Cl)C1=C1C(=O)C(=P(c2ccccc2)(c2ccccc2)c2ccccc2)C1=O. The molecule has 3 nitrogen and oxygen atoms in total. The van der Waals surface area contributed by atoms with E-state index in [-0.39, 0.29) is 31.5 Å². The quantitative estimate of drug-likeness (QED) is 0.235. The standard InChI is InChI=1S/C28H15Cl4O3P/c29-21-19(25(33)24(32)23(31)22(21)30)20-26(34)28(27(20)35)36(16-10-4-1-5-11-16,17-12-6-2-7-13-17)18-14-8-3-9-15-18/h1-15H. The molecule has 0 saturated heterocycles. The van der Waals surface area contributed by atoms with Crippen LogP contribution in [0.1, 0.15) is 0 Å². The monoisotopic (exact) mass is 570 g/mol. The van der Waals surface area contributed by atoms with Crippen LogP contribution in [0.3, 0.4) is 0 Å². The Balaban J connectivity index is 1.91. The predicted octanol–water partition coefficient (Wildman–Crippen LogP) is 5.56. The Morgan fingerprint density at radius 3 is 1.17 bits per heavy atom. The van der Waals surface area contributed by atoms with Crippen molar-refractivity contribution < 1.29 is 14.4 Å². The summed E-state index contributed by atoms with van der Waals surface area (Å²) in [5.74, 6) is -1.92. The minimum absolute atomic E-state index is 0.110. The zero-order valence-electron chi connectivity index (χ0n) is 18.3. The predicted molar refractivity (Wildman–Crippen MR) is 150 cm³/mol. The number of halogens is 4. The van der Waals surface area contributed by atoms with Crippen molar-refractivity contribution in [3.05, 3.63) is 122 Å². The van der Waals surface area contributed by atoms with E-state index in [1.54, 1.807) is 0 Å². The lowest BCUT2D eigenvalue weighted by Gasteiger charge is -2.36. The van der Waals surface area contributed by atoms with Gasteiger partial charge in [-0.15, -0.1) is 0 Å². The topological polar surface area (TPSA) is 51.2 Å². The maximum absolute atomic E-state index is 14.0. The minimum Gasteiger partial charge on any atom is -0.288 e. The van der Waals surface area contributed by atoms with Crippen LogP contribution in [0.2, 0.25) is 0 Å². The van der Waals surface area contributed by atoms with Crippen molar-refractivity contribution in [2.24, 2.45) is 0 Å². The number of allylic oxidation sites excluding steroid dienone is 6. The first-order valence-corrected chi connectivity index (χ1v) is 14.0. The molecule has 8 heteroatoms. The van der Waals surface area contributed by atoms with Gasteiger partial charge in [-0.3, -0.25) is 14.4 Å². The maximum atomic E-state index is 14.0. The average molecular weight is 572 g/mol. The molecule has 3 aromatic rings. The van der Waals surface area contributed by atoms with Crippen LogP contribution in [-0.2, 0) is 14.4 Å². The van der Waals surface area contributed by atoms with Crippen LogP contribution < -0.4 is 15.9 Å². The third-order valence-corrected chi connectivity index (χ3v) is 12.2. The van der Waals surface area contributed by atoms with Crippen molar-refractivity contribution in [3.63, 3.8) is 0 Å². The normalized spacial score (nSPS) is 16.7. The molecule has 0 spiro atoms. The number of hydrogen-bond acceptors (Lipinski definition) is 3. The number of Topliss-reactive ketones (excluding diaryl/α,β-unsaturated/α-hetero) is 3. The molecule has 2 aliphatic rings. The zero-order chi connectivity index (χ0) is 25.6. The van der Waals surface area contributed by atoms with Crippen molar-refractivity contribution in [3.8, 4) is 0 Å². The molecule has 36 heavy (non-hydrogen) atoms. The number of ketones is 3. The number of carbonyl (C=O) groups is 3. The maximum Gasteiger partial charge on any atom is 0.208 e. The Bertz CT molecular complexity index is 1480. The summed E-state index contributed by atoms with van der Waals surface area (Å²) in [7, 11) is 0. The van der Waals surface area contributed by atoms with Crippen molar-refractivity contribution in [2.45, 2.75) is 0 Å². The molecule has 0 aliphatic heterocycles. The molecule has 0 radical (unpaired) electrons. The highest BCUT2D eigenvalue weighted by Crippen LogP contribution is 2.51. The van der Waals surface area contributed by atoms with E-state index in [4.69, 9.17) is 46.4 Å². The van der Waals surface area contributed by atoms with Crippen molar-refractivity contribution in [2.75, 3.05) is 0 Å². The molecule has 0 bridgehead atoms. The van der Waals surface area contributed by atoms with Crippen LogP contribution in [0.5, 0.6) is 0 Å². The van der Waals surface area contributed by atoms with Crippen molar-refractivity contribution in [1.29, 1.82) is 0 Å². The minimum atomic E-state index is -2.93. The molecule has 0 atom stereocenters. The first-order chi connectivity index (χ1) is 17.3. The van der Waals surface area contributed by atoms with E-state index < -0.39 is 29.3 Å². The number of benzene rings is 3. The van der Waals surface area contributed by atoms with Crippen molar-refractivity contribution >= 4 is 91.8 Å². The Hall–Kier alpha value is -2.65. The van der Waals surface area contributed by atoms with E-state index in [1.165, 1.54) is 0 Å². The second-order valence-corrected chi connectivity index (χ2v) is 12.9. The largest absolute Gasteiger partial charge is 0.288 e. The highest BCUT2D eigenvalue weighted by atomic mass is 35.5. The summed E-state index contributed by atoms with van der Waals surface area (Å²) in [5.41, 5.74) is -0.644. The van der Waals surface area contributed by atoms with Crippen LogP contribution in [0.15, 0.2) is 122 Å². The Kier molecular flexibility index (Phi) is 6.72. The zero-order valence-corrected chi connectivity index (χ0v) is 22.3. The molecule has 1 saturated carbocycles. The summed E-state index contributed by atoms with van der Waals surface area (Å²) in [6.45, 7) is -2.93. The van der Waals surface area contributed by atoms with E-state index in [0.717, 1.165) is 15.9 Å². The molecule has 3 aromatic carbocycles. The highest BCUT2D eigenvalue weighted by molar-refractivity contribution is 7.98. The van der Waals surface area contributed by atoms with Crippen LogP contribution in [0, 0.1) is 0 Å². The third kappa shape index (κ3) is 3.62. The van der Waals surface area contributed by atoms with E-state index in [2.05, 4.69) is 0 Å². The summed E-state index contributed by atoms with van der Waals surface area (Å²) >= 11 is 24.6. The molecule has 5 rings (SSSR count). The van der Waals surface area contributed by atoms with Gasteiger partial charge in [-0.25, -0.2) is 0 Å². The lowest BCUT2D eigenvalue weighted by Crippen LogP contribution is -2.49. The fraction of sp³-hybridized carbons (Fsp3) is 0. The summed E-state index contributed by atoms with van der Waals surface area (Å²) in [4.78, 5) is 40.9. The van der Waals surface area contributed by atoms with Gasteiger partial charge in [0.2, 0.25) is 17.3 Å². The van der Waals surface area contributed by atoms with E-state index >= 15 is 0 Å².